The number of aromatic nitrogens is 1. The summed E-state index contributed by atoms with van der Waals surface area (Å²) in [4.78, 5) is 19.7. The zero-order valence-corrected chi connectivity index (χ0v) is 19.3. The maximum absolute atomic E-state index is 12.9. The summed E-state index contributed by atoms with van der Waals surface area (Å²) < 4.78 is 0. The third-order valence-electron chi connectivity index (χ3n) is 6.26. The maximum atomic E-state index is 12.9. The van der Waals surface area contributed by atoms with Crippen LogP contribution in [0.1, 0.15) is 55.1 Å². The minimum absolute atomic E-state index is 0.0350. The van der Waals surface area contributed by atoms with Crippen LogP contribution in [-0.4, -0.2) is 34.9 Å². The van der Waals surface area contributed by atoms with Crippen LogP contribution in [0, 0.1) is 0 Å². The molecule has 1 saturated heterocycles. The van der Waals surface area contributed by atoms with Crippen LogP contribution in [0.15, 0.2) is 73.1 Å². The molecule has 2 heterocycles. The van der Waals surface area contributed by atoms with Gasteiger partial charge in [0.15, 0.2) is 0 Å². The van der Waals surface area contributed by atoms with Gasteiger partial charge in [-0.05, 0) is 41.0 Å². The Kier molecular flexibility index (Phi) is 6.71. The number of piperidine rings is 1. The van der Waals surface area contributed by atoms with Gasteiger partial charge in [-0.15, -0.1) is 0 Å². The van der Waals surface area contributed by atoms with E-state index in [1.165, 1.54) is 11.1 Å². The maximum Gasteiger partial charge on any atom is 0.253 e. The van der Waals surface area contributed by atoms with E-state index in [0.29, 0.717) is 5.56 Å². The largest absolute Gasteiger partial charge is 0.349 e. The van der Waals surface area contributed by atoms with Gasteiger partial charge < -0.3 is 5.32 Å². The number of carbonyl (C=O) groups excluding carboxylic acids is 1. The van der Waals surface area contributed by atoms with E-state index >= 15 is 0 Å². The zero-order chi connectivity index (χ0) is 22.6. The fourth-order valence-electron chi connectivity index (χ4n) is 4.23. The third kappa shape index (κ3) is 5.63. The van der Waals surface area contributed by atoms with E-state index in [1.807, 2.05) is 12.3 Å². The predicted molar refractivity (Wildman–Crippen MR) is 131 cm³/mol. The highest BCUT2D eigenvalue weighted by Gasteiger charge is 2.21. The second-order valence-electron chi connectivity index (χ2n) is 9.80. The van der Waals surface area contributed by atoms with Gasteiger partial charge in [-0.2, -0.15) is 0 Å². The minimum Gasteiger partial charge on any atom is -0.349 e. The molecule has 0 atom stereocenters. The molecular formula is C28H33N3O. The highest BCUT2D eigenvalue weighted by Crippen LogP contribution is 2.26. The number of benzene rings is 2. The molecule has 4 nitrogen and oxygen atoms in total. The second kappa shape index (κ2) is 9.66. The Bertz CT molecular complexity index is 1030. The number of carbonyl (C=O) groups is 1. The van der Waals surface area contributed by atoms with Gasteiger partial charge in [-0.1, -0.05) is 75.4 Å². The molecule has 1 aliphatic rings. The standard InChI is InChI=1S/C28H33N3O/c1-28(2,3)25-11-9-22(10-12-25)23-17-24(19-29-18-23)27(32)30-26-13-15-31(16-14-26)20-21-7-5-4-6-8-21/h4-12,17-19,26H,13-16,20H2,1-3H3,(H,30,32). The van der Waals surface area contributed by atoms with Crippen molar-refractivity contribution in [2.75, 3.05) is 13.1 Å². The summed E-state index contributed by atoms with van der Waals surface area (Å²) >= 11 is 0. The molecule has 3 aromatic rings. The number of likely N-dealkylation sites (tertiary alicyclic amines) is 1. The summed E-state index contributed by atoms with van der Waals surface area (Å²) in [5.41, 5.74) is 5.42. The Labute approximate surface area is 191 Å². The molecule has 0 aliphatic carbocycles. The van der Waals surface area contributed by atoms with Crippen molar-refractivity contribution in [1.82, 2.24) is 15.2 Å². The van der Waals surface area contributed by atoms with Gasteiger partial charge in [-0.25, -0.2) is 0 Å². The second-order valence-corrected chi connectivity index (χ2v) is 9.80. The fourth-order valence-corrected chi connectivity index (χ4v) is 4.23. The Morgan fingerprint density at radius 1 is 0.969 bits per heavy atom. The van der Waals surface area contributed by atoms with Crippen LogP contribution in [0.4, 0.5) is 0 Å². The molecule has 0 radical (unpaired) electrons. The first-order chi connectivity index (χ1) is 15.4. The lowest BCUT2D eigenvalue weighted by Crippen LogP contribution is -2.44. The molecule has 0 spiro atoms. The van der Waals surface area contributed by atoms with E-state index in [-0.39, 0.29) is 17.4 Å². The van der Waals surface area contributed by atoms with Crippen LogP contribution in [-0.2, 0) is 12.0 Å². The molecule has 1 fully saturated rings. The molecule has 1 amide bonds. The van der Waals surface area contributed by atoms with Crippen molar-refractivity contribution in [3.8, 4) is 11.1 Å². The quantitative estimate of drug-likeness (QED) is 0.590. The molecular weight excluding hydrogens is 394 g/mol. The van der Waals surface area contributed by atoms with E-state index in [4.69, 9.17) is 0 Å². The number of pyridine rings is 1. The molecule has 2 aromatic carbocycles. The molecule has 166 valence electrons. The van der Waals surface area contributed by atoms with Gasteiger partial charge >= 0.3 is 0 Å². The normalized spacial score (nSPS) is 15.5. The fraction of sp³-hybridized carbons (Fsp3) is 0.357. The number of nitrogens with one attached hydrogen (secondary N) is 1. The molecule has 0 bridgehead atoms. The van der Waals surface area contributed by atoms with E-state index in [9.17, 15) is 4.79 Å². The van der Waals surface area contributed by atoms with Crippen molar-refractivity contribution in [3.05, 3.63) is 89.7 Å². The van der Waals surface area contributed by atoms with Crippen LogP contribution >= 0.6 is 0 Å². The Balaban J connectivity index is 1.34. The molecule has 1 aliphatic heterocycles. The van der Waals surface area contributed by atoms with Crippen molar-refractivity contribution in [2.45, 2.75) is 51.6 Å². The molecule has 32 heavy (non-hydrogen) atoms. The first-order valence-electron chi connectivity index (χ1n) is 11.5. The van der Waals surface area contributed by atoms with Crippen molar-refractivity contribution in [3.63, 3.8) is 0 Å². The lowest BCUT2D eigenvalue weighted by atomic mass is 9.86. The zero-order valence-electron chi connectivity index (χ0n) is 19.3. The summed E-state index contributed by atoms with van der Waals surface area (Å²) in [6, 6.07) is 21.3. The van der Waals surface area contributed by atoms with E-state index in [0.717, 1.165) is 43.6 Å². The minimum atomic E-state index is -0.0350. The van der Waals surface area contributed by atoms with Gasteiger partial charge in [0.25, 0.3) is 5.91 Å². The number of hydrogen-bond donors (Lipinski definition) is 1. The van der Waals surface area contributed by atoms with E-state index < -0.39 is 0 Å². The SMILES string of the molecule is CC(C)(C)c1ccc(-c2cncc(C(=O)NC3CCN(Cc4ccccc4)CC3)c2)cc1. The van der Waals surface area contributed by atoms with E-state index in [2.05, 4.69) is 90.6 Å². The van der Waals surface area contributed by atoms with Crippen LogP contribution in [0.2, 0.25) is 0 Å². The number of amides is 1. The van der Waals surface area contributed by atoms with Gasteiger partial charge in [0.05, 0.1) is 5.56 Å². The highest BCUT2D eigenvalue weighted by atomic mass is 16.1. The first kappa shape index (κ1) is 22.2. The van der Waals surface area contributed by atoms with Crippen LogP contribution < -0.4 is 5.32 Å². The molecule has 0 saturated carbocycles. The van der Waals surface area contributed by atoms with Crippen molar-refractivity contribution in [2.24, 2.45) is 0 Å². The summed E-state index contributed by atoms with van der Waals surface area (Å²) in [6.45, 7) is 9.60. The lowest BCUT2D eigenvalue weighted by Gasteiger charge is -2.32. The topological polar surface area (TPSA) is 45.2 Å². The van der Waals surface area contributed by atoms with E-state index in [1.54, 1.807) is 6.20 Å². The van der Waals surface area contributed by atoms with Crippen molar-refractivity contribution >= 4 is 5.91 Å². The van der Waals surface area contributed by atoms with Gasteiger partial charge in [0.2, 0.25) is 0 Å². The predicted octanol–water partition coefficient (Wildman–Crippen LogP) is 5.44. The molecule has 1 N–H and O–H groups in total. The third-order valence-corrected chi connectivity index (χ3v) is 6.26. The highest BCUT2D eigenvalue weighted by molar-refractivity contribution is 5.95. The Morgan fingerprint density at radius 3 is 2.31 bits per heavy atom. The average molecular weight is 428 g/mol. The van der Waals surface area contributed by atoms with Crippen LogP contribution in [0.5, 0.6) is 0 Å². The summed E-state index contributed by atoms with van der Waals surface area (Å²) in [6.07, 6.45) is 5.43. The average Bonchev–Trinajstić information content (AvgIpc) is 2.81. The monoisotopic (exact) mass is 427 g/mol. The smallest absolute Gasteiger partial charge is 0.253 e. The summed E-state index contributed by atoms with van der Waals surface area (Å²) in [5.74, 6) is -0.0350. The van der Waals surface area contributed by atoms with Crippen molar-refractivity contribution < 1.29 is 4.79 Å². The van der Waals surface area contributed by atoms with Crippen LogP contribution in [0.3, 0.4) is 0 Å². The Morgan fingerprint density at radius 2 is 1.66 bits per heavy atom. The number of hydrogen-bond acceptors (Lipinski definition) is 3. The number of nitrogens with zero attached hydrogens (tertiary/aromatic N) is 2. The van der Waals surface area contributed by atoms with Gasteiger partial charge in [-0.3, -0.25) is 14.7 Å². The van der Waals surface area contributed by atoms with Crippen molar-refractivity contribution in [1.29, 1.82) is 0 Å². The molecule has 4 heteroatoms. The molecule has 1 aromatic heterocycles. The van der Waals surface area contributed by atoms with Gasteiger partial charge in [0.1, 0.15) is 0 Å². The summed E-state index contributed by atoms with van der Waals surface area (Å²) in [5, 5.41) is 3.22. The lowest BCUT2D eigenvalue weighted by molar-refractivity contribution is 0.0908. The first-order valence-corrected chi connectivity index (χ1v) is 11.5. The molecule has 0 unspecified atom stereocenters. The summed E-state index contributed by atoms with van der Waals surface area (Å²) in [7, 11) is 0. The Hall–Kier alpha value is -2.98. The number of rotatable bonds is 5. The molecule has 4 rings (SSSR count). The van der Waals surface area contributed by atoms with Crippen LogP contribution in [0.25, 0.3) is 11.1 Å². The van der Waals surface area contributed by atoms with Gasteiger partial charge in [0, 0.05) is 43.6 Å².